The second-order valence-corrected chi connectivity index (χ2v) is 2.36. The molecule has 0 aliphatic carbocycles. The Hall–Kier alpha value is -0.120. The van der Waals surface area contributed by atoms with Gasteiger partial charge in [0.1, 0.15) is 0 Å². The largest absolute Gasteiger partial charge is 0.381 e. The molecule has 0 aromatic heterocycles. The first-order valence-electron chi connectivity index (χ1n) is 3.24. The van der Waals surface area contributed by atoms with Crippen LogP contribution in [0.25, 0.3) is 0 Å². The molecule has 1 aliphatic rings. The average Bonchev–Trinajstić information content (AvgIpc) is 1.90. The maximum absolute atomic E-state index is 8.68. The van der Waals surface area contributed by atoms with Gasteiger partial charge in [0.05, 0.1) is 0 Å². The summed E-state index contributed by atoms with van der Waals surface area (Å²) in [5, 5.41) is 17.4. The van der Waals surface area contributed by atoms with Crippen molar-refractivity contribution in [1.82, 2.24) is 0 Å². The predicted molar refractivity (Wildman–Crippen MR) is 31.8 cm³/mol. The fourth-order valence-electron chi connectivity index (χ4n) is 1.01. The Kier molecular flexibility index (Phi) is 2.45. The molecule has 1 aliphatic heterocycles. The van der Waals surface area contributed by atoms with Gasteiger partial charge in [-0.3, -0.25) is 0 Å². The van der Waals surface area contributed by atoms with Crippen molar-refractivity contribution in [1.29, 1.82) is 0 Å². The van der Waals surface area contributed by atoms with Gasteiger partial charge in [-0.25, -0.2) is 0 Å². The lowest BCUT2D eigenvalue weighted by Crippen LogP contribution is -2.26. The molecule has 3 heteroatoms. The predicted octanol–water partition coefficient (Wildman–Crippen LogP) is -0.276. The van der Waals surface area contributed by atoms with Crippen molar-refractivity contribution in [3.63, 3.8) is 0 Å². The zero-order valence-electron chi connectivity index (χ0n) is 5.29. The van der Waals surface area contributed by atoms with Gasteiger partial charge in [0, 0.05) is 19.1 Å². The SMILES string of the molecule is OC(O)C1CCOCC1. The molecule has 3 nitrogen and oxygen atoms in total. The lowest BCUT2D eigenvalue weighted by molar-refractivity contribution is -0.111. The van der Waals surface area contributed by atoms with Gasteiger partial charge in [0.25, 0.3) is 0 Å². The van der Waals surface area contributed by atoms with Crippen LogP contribution in [0.1, 0.15) is 12.8 Å². The van der Waals surface area contributed by atoms with Gasteiger partial charge in [-0.2, -0.15) is 0 Å². The number of hydrogen-bond donors (Lipinski definition) is 2. The summed E-state index contributed by atoms with van der Waals surface area (Å²) in [7, 11) is 0. The van der Waals surface area contributed by atoms with Gasteiger partial charge >= 0.3 is 0 Å². The Morgan fingerprint density at radius 1 is 1.22 bits per heavy atom. The van der Waals surface area contributed by atoms with Crippen molar-refractivity contribution >= 4 is 0 Å². The van der Waals surface area contributed by atoms with Gasteiger partial charge in [-0.15, -0.1) is 0 Å². The van der Waals surface area contributed by atoms with Crippen molar-refractivity contribution in [2.45, 2.75) is 19.1 Å². The van der Waals surface area contributed by atoms with E-state index in [1.807, 2.05) is 0 Å². The van der Waals surface area contributed by atoms with Gasteiger partial charge in [-0.1, -0.05) is 0 Å². The Labute approximate surface area is 54.3 Å². The zero-order chi connectivity index (χ0) is 6.69. The molecule has 0 saturated carbocycles. The van der Waals surface area contributed by atoms with E-state index in [4.69, 9.17) is 14.9 Å². The quantitative estimate of drug-likeness (QED) is 0.482. The van der Waals surface area contributed by atoms with E-state index < -0.39 is 6.29 Å². The Balaban J connectivity index is 2.23. The third kappa shape index (κ3) is 1.93. The minimum Gasteiger partial charge on any atom is -0.381 e. The molecule has 0 amide bonds. The first-order valence-corrected chi connectivity index (χ1v) is 3.24. The highest BCUT2D eigenvalue weighted by Gasteiger charge is 2.19. The molecule has 2 N–H and O–H groups in total. The highest BCUT2D eigenvalue weighted by Crippen LogP contribution is 2.16. The molecule has 0 bridgehead atoms. The van der Waals surface area contributed by atoms with E-state index >= 15 is 0 Å². The van der Waals surface area contributed by atoms with Crippen molar-refractivity contribution in [2.75, 3.05) is 13.2 Å². The van der Waals surface area contributed by atoms with Gasteiger partial charge in [0.15, 0.2) is 6.29 Å². The van der Waals surface area contributed by atoms with Crippen LogP contribution < -0.4 is 0 Å². The number of hydrogen-bond acceptors (Lipinski definition) is 3. The molecule has 1 rings (SSSR count). The molecule has 0 radical (unpaired) electrons. The van der Waals surface area contributed by atoms with E-state index in [0.29, 0.717) is 13.2 Å². The number of ether oxygens (including phenoxy) is 1. The molecule has 9 heavy (non-hydrogen) atoms. The maximum atomic E-state index is 8.68. The summed E-state index contributed by atoms with van der Waals surface area (Å²) in [5.74, 6) is 0.0405. The van der Waals surface area contributed by atoms with Gasteiger partial charge in [-0.05, 0) is 12.8 Å². The van der Waals surface area contributed by atoms with Crippen LogP contribution in [-0.2, 0) is 4.74 Å². The normalized spacial score (nSPS) is 23.0. The van der Waals surface area contributed by atoms with E-state index in [1.165, 1.54) is 0 Å². The summed E-state index contributed by atoms with van der Waals surface area (Å²) < 4.78 is 5.03. The van der Waals surface area contributed by atoms with E-state index in [0.717, 1.165) is 12.8 Å². The molecule has 0 aromatic carbocycles. The van der Waals surface area contributed by atoms with E-state index in [1.54, 1.807) is 0 Å². The van der Waals surface area contributed by atoms with Crippen LogP contribution in [0.2, 0.25) is 0 Å². The second-order valence-electron chi connectivity index (χ2n) is 2.36. The van der Waals surface area contributed by atoms with Crippen LogP contribution in [-0.4, -0.2) is 29.7 Å². The maximum Gasteiger partial charge on any atom is 0.154 e. The highest BCUT2D eigenvalue weighted by atomic mass is 16.5. The summed E-state index contributed by atoms with van der Waals surface area (Å²) in [6, 6.07) is 0. The summed E-state index contributed by atoms with van der Waals surface area (Å²) in [6.45, 7) is 1.34. The Morgan fingerprint density at radius 3 is 2.11 bits per heavy atom. The van der Waals surface area contributed by atoms with E-state index in [2.05, 4.69) is 0 Å². The first-order chi connectivity index (χ1) is 4.30. The highest BCUT2D eigenvalue weighted by molar-refractivity contribution is 4.63. The molecule has 1 saturated heterocycles. The lowest BCUT2D eigenvalue weighted by atomic mass is 10.0. The number of aliphatic hydroxyl groups is 2. The molecule has 1 fully saturated rings. The van der Waals surface area contributed by atoms with Crippen LogP contribution in [0.5, 0.6) is 0 Å². The third-order valence-electron chi connectivity index (χ3n) is 1.69. The monoisotopic (exact) mass is 132 g/mol. The topological polar surface area (TPSA) is 49.7 Å². The standard InChI is InChI=1S/C6H12O3/c7-6(8)5-1-3-9-4-2-5/h5-8H,1-4H2. The summed E-state index contributed by atoms with van der Waals surface area (Å²) in [5.41, 5.74) is 0. The van der Waals surface area contributed by atoms with Crippen molar-refractivity contribution in [3.05, 3.63) is 0 Å². The van der Waals surface area contributed by atoms with Crippen LogP contribution in [0, 0.1) is 5.92 Å². The van der Waals surface area contributed by atoms with Gasteiger partial charge < -0.3 is 14.9 Å². The fourth-order valence-corrected chi connectivity index (χ4v) is 1.01. The average molecular weight is 132 g/mol. The van der Waals surface area contributed by atoms with Crippen LogP contribution in [0.3, 0.4) is 0 Å². The van der Waals surface area contributed by atoms with E-state index in [-0.39, 0.29) is 5.92 Å². The molecule has 0 aromatic rings. The minimum atomic E-state index is -1.14. The summed E-state index contributed by atoms with van der Waals surface area (Å²) in [6.07, 6.45) is 0.406. The Bertz CT molecular complexity index is 76.4. The molecule has 0 atom stereocenters. The molecule has 1 heterocycles. The third-order valence-corrected chi connectivity index (χ3v) is 1.69. The molecular weight excluding hydrogens is 120 g/mol. The smallest absolute Gasteiger partial charge is 0.154 e. The first kappa shape index (κ1) is 6.99. The second kappa shape index (κ2) is 3.15. The number of rotatable bonds is 1. The minimum absolute atomic E-state index is 0.0405. The zero-order valence-corrected chi connectivity index (χ0v) is 5.29. The lowest BCUT2D eigenvalue weighted by Gasteiger charge is -2.22. The van der Waals surface area contributed by atoms with Crippen LogP contribution in [0.15, 0.2) is 0 Å². The Morgan fingerprint density at radius 2 is 1.78 bits per heavy atom. The summed E-state index contributed by atoms with van der Waals surface area (Å²) in [4.78, 5) is 0. The number of aliphatic hydroxyl groups excluding tert-OH is 1. The van der Waals surface area contributed by atoms with Crippen LogP contribution in [0.4, 0.5) is 0 Å². The fraction of sp³-hybridized carbons (Fsp3) is 1.00. The van der Waals surface area contributed by atoms with Gasteiger partial charge in [0.2, 0.25) is 0 Å². The van der Waals surface area contributed by atoms with Crippen molar-refractivity contribution in [2.24, 2.45) is 5.92 Å². The molecular formula is C6H12O3. The molecule has 0 spiro atoms. The molecule has 0 unspecified atom stereocenters. The van der Waals surface area contributed by atoms with Crippen molar-refractivity contribution < 1.29 is 14.9 Å². The van der Waals surface area contributed by atoms with Crippen molar-refractivity contribution in [3.8, 4) is 0 Å². The van der Waals surface area contributed by atoms with Crippen LogP contribution >= 0.6 is 0 Å². The molecule has 54 valence electrons. The summed E-state index contributed by atoms with van der Waals surface area (Å²) >= 11 is 0. The van der Waals surface area contributed by atoms with E-state index in [9.17, 15) is 0 Å².